The maximum Gasteiger partial charge on any atom is 0.0305 e. The largest absolute Gasteiger partial charge is 0.264 e. The number of hydrogen-bond acceptors (Lipinski definition) is 2. The molecule has 0 spiro atoms. The average molecular weight is 221 g/mol. The highest BCUT2D eigenvalue weighted by Gasteiger charge is 2.18. The van der Waals surface area contributed by atoms with E-state index in [4.69, 9.17) is 0 Å². The molecule has 1 fully saturated rings. The molecular formula is C13H19NS. The third-order valence-electron chi connectivity index (χ3n) is 3.07. The summed E-state index contributed by atoms with van der Waals surface area (Å²) in [5, 5.41) is 0. The number of thioether (sulfide) groups is 1. The second-order valence-electron chi connectivity index (χ2n) is 4.24. The quantitative estimate of drug-likeness (QED) is 0.773. The summed E-state index contributed by atoms with van der Waals surface area (Å²) >= 11 is 2.10. The maximum atomic E-state index is 4.29. The van der Waals surface area contributed by atoms with Gasteiger partial charge in [0.05, 0.1) is 0 Å². The zero-order chi connectivity index (χ0) is 10.5. The number of aromatic nitrogens is 1. The van der Waals surface area contributed by atoms with E-state index in [1.54, 1.807) is 0 Å². The first-order valence-electron chi connectivity index (χ1n) is 5.92. The summed E-state index contributed by atoms with van der Waals surface area (Å²) in [5.41, 5.74) is 3.05. The fraction of sp³-hybridized carbons (Fsp3) is 0.615. The minimum atomic E-state index is 0.763. The molecule has 1 unspecified atom stereocenters. The van der Waals surface area contributed by atoms with Crippen LogP contribution >= 0.6 is 11.8 Å². The van der Waals surface area contributed by atoms with Crippen LogP contribution < -0.4 is 0 Å². The van der Waals surface area contributed by atoms with Gasteiger partial charge in [0.15, 0.2) is 0 Å². The lowest BCUT2D eigenvalue weighted by atomic mass is 9.92. The van der Waals surface area contributed by atoms with Gasteiger partial charge in [0.25, 0.3) is 0 Å². The molecule has 0 radical (unpaired) electrons. The van der Waals surface area contributed by atoms with E-state index in [-0.39, 0.29) is 0 Å². The van der Waals surface area contributed by atoms with Crippen LogP contribution in [0, 0.1) is 0 Å². The highest BCUT2D eigenvalue weighted by atomic mass is 32.2. The Hall–Kier alpha value is -0.500. The summed E-state index contributed by atoms with van der Waals surface area (Å²) in [6, 6.07) is 2.21. The Kier molecular flexibility index (Phi) is 4.07. The Morgan fingerprint density at radius 2 is 2.47 bits per heavy atom. The van der Waals surface area contributed by atoms with Gasteiger partial charge in [-0.25, -0.2) is 0 Å². The van der Waals surface area contributed by atoms with Gasteiger partial charge in [-0.15, -0.1) is 0 Å². The number of pyridine rings is 1. The lowest BCUT2D eigenvalue weighted by Crippen LogP contribution is -2.11. The van der Waals surface area contributed by atoms with E-state index in [2.05, 4.69) is 35.9 Å². The SMILES string of the molecule is CCCc1ccncc1C1CCCSC1. The normalized spacial score (nSPS) is 21.5. The molecule has 15 heavy (non-hydrogen) atoms. The summed E-state index contributed by atoms with van der Waals surface area (Å²) < 4.78 is 0. The summed E-state index contributed by atoms with van der Waals surface area (Å²) in [5.74, 6) is 3.40. The first-order chi connectivity index (χ1) is 7.42. The van der Waals surface area contributed by atoms with Crippen LogP contribution in [-0.2, 0) is 6.42 Å². The van der Waals surface area contributed by atoms with Crippen molar-refractivity contribution in [3.05, 3.63) is 29.6 Å². The van der Waals surface area contributed by atoms with Crippen LogP contribution in [-0.4, -0.2) is 16.5 Å². The van der Waals surface area contributed by atoms with Gasteiger partial charge < -0.3 is 0 Å². The van der Waals surface area contributed by atoms with Crippen molar-refractivity contribution in [2.45, 2.75) is 38.5 Å². The van der Waals surface area contributed by atoms with E-state index >= 15 is 0 Å². The van der Waals surface area contributed by atoms with Gasteiger partial charge in [-0.2, -0.15) is 11.8 Å². The van der Waals surface area contributed by atoms with Crippen molar-refractivity contribution < 1.29 is 0 Å². The van der Waals surface area contributed by atoms with Crippen molar-refractivity contribution >= 4 is 11.8 Å². The van der Waals surface area contributed by atoms with Crippen molar-refractivity contribution in [3.8, 4) is 0 Å². The first kappa shape index (κ1) is 11.0. The van der Waals surface area contributed by atoms with Crippen LogP contribution in [0.4, 0.5) is 0 Å². The molecule has 1 aliphatic heterocycles. The van der Waals surface area contributed by atoms with E-state index < -0.39 is 0 Å². The predicted octanol–water partition coefficient (Wildman–Crippen LogP) is 3.64. The van der Waals surface area contributed by atoms with Crippen LogP contribution in [0.5, 0.6) is 0 Å². The van der Waals surface area contributed by atoms with Crippen LogP contribution in [0.3, 0.4) is 0 Å². The smallest absolute Gasteiger partial charge is 0.0305 e. The average Bonchev–Trinajstić information content (AvgIpc) is 2.31. The predicted molar refractivity (Wildman–Crippen MR) is 67.5 cm³/mol. The van der Waals surface area contributed by atoms with Gasteiger partial charge in [0.2, 0.25) is 0 Å². The Bertz CT molecular complexity index is 305. The maximum absolute atomic E-state index is 4.29. The molecule has 0 aliphatic carbocycles. The lowest BCUT2D eigenvalue weighted by molar-refractivity contribution is 0.649. The molecule has 2 rings (SSSR count). The van der Waals surface area contributed by atoms with E-state index in [0.29, 0.717) is 0 Å². The molecule has 1 aromatic rings. The topological polar surface area (TPSA) is 12.9 Å². The molecule has 0 bridgehead atoms. The van der Waals surface area contributed by atoms with Gasteiger partial charge in [0, 0.05) is 18.1 Å². The third-order valence-corrected chi connectivity index (χ3v) is 4.28. The molecule has 1 nitrogen and oxygen atoms in total. The molecular weight excluding hydrogens is 202 g/mol. The summed E-state index contributed by atoms with van der Waals surface area (Å²) in [7, 11) is 0. The second-order valence-corrected chi connectivity index (χ2v) is 5.39. The van der Waals surface area contributed by atoms with E-state index in [0.717, 1.165) is 5.92 Å². The van der Waals surface area contributed by atoms with Crippen molar-refractivity contribution in [2.24, 2.45) is 0 Å². The number of hydrogen-bond donors (Lipinski definition) is 0. The number of rotatable bonds is 3. The minimum Gasteiger partial charge on any atom is -0.264 e. The zero-order valence-corrected chi connectivity index (χ0v) is 10.2. The van der Waals surface area contributed by atoms with Gasteiger partial charge in [-0.05, 0) is 48.1 Å². The first-order valence-corrected chi connectivity index (χ1v) is 7.07. The molecule has 2 heterocycles. The monoisotopic (exact) mass is 221 g/mol. The van der Waals surface area contributed by atoms with Gasteiger partial charge in [0.1, 0.15) is 0 Å². The Morgan fingerprint density at radius 1 is 1.53 bits per heavy atom. The van der Waals surface area contributed by atoms with E-state index in [9.17, 15) is 0 Å². The lowest BCUT2D eigenvalue weighted by Gasteiger charge is -2.23. The molecule has 0 aromatic carbocycles. The molecule has 1 saturated heterocycles. The molecule has 1 aliphatic rings. The van der Waals surface area contributed by atoms with Crippen LogP contribution in [0.25, 0.3) is 0 Å². The molecule has 1 atom stereocenters. The van der Waals surface area contributed by atoms with Crippen molar-refractivity contribution in [1.29, 1.82) is 0 Å². The van der Waals surface area contributed by atoms with Crippen molar-refractivity contribution in [2.75, 3.05) is 11.5 Å². The summed E-state index contributed by atoms with van der Waals surface area (Å²) in [6.45, 7) is 2.25. The van der Waals surface area contributed by atoms with Gasteiger partial charge in [-0.3, -0.25) is 4.98 Å². The molecule has 0 amide bonds. The highest BCUT2D eigenvalue weighted by Crippen LogP contribution is 2.32. The summed E-state index contributed by atoms with van der Waals surface area (Å²) in [6.07, 6.45) is 9.20. The fourth-order valence-corrected chi connectivity index (χ4v) is 3.45. The Morgan fingerprint density at radius 3 is 3.20 bits per heavy atom. The molecule has 0 saturated carbocycles. The molecule has 82 valence electrons. The Labute approximate surface area is 96.7 Å². The molecule has 1 aromatic heterocycles. The fourth-order valence-electron chi connectivity index (χ4n) is 2.29. The number of aryl methyl sites for hydroxylation is 1. The summed E-state index contributed by atoms with van der Waals surface area (Å²) in [4.78, 5) is 4.29. The van der Waals surface area contributed by atoms with Gasteiger partial charge in [-0.1, -0.05) is 13.3 Å². The second kappa shape index (κ2) is 5.55. The zero-order valence-electron chi connectivity index (χ0n) is 9.41. The molecule has 0 N–H and O–H groups in total. The van der Waals surface area contributed by atoms with Gasteiger partial charge >= 0.3 is 0 Å². The van der Waals surface area contributed by atoms with E-state index in [1.165, 1.54) is 48.3 Å². The molecule has 2 heteroatoms. The minimum absolute atomic E-state index is 0.763. The third kappa shape index (κ3) is 2.75. The van der Waals surface area contributed by atoms with Crippen LogP contribution in [0.1, 0.15) is 43.2 Å². The number of nitrogens with zero attached hydrogens (tertiary/aromatic N) is 1. The highest BCUT2D eigenvalue weighted by molar-refractivity contribution is 7.99. The van der Waals surface area contributed by atoms with Crippen LogP contribution in [0.15, 0.2) is 18.5 Å². The van der Waals surface area contributed by atoms with Crippen LogP contribution in [0.2, 0.25) is 0 Å². The van der Waals surface area contributed by atoms with Crippen molar-refractivity contribution in [3.63, 3.8) is 0 Å². The standard InChI is InChI=1S/C13H19NS/c1-2-4-11-6-7-14-9-13(11)12-5-3-8-15-10-12/h6-7,9,12H,2-5,8,10H2,1H3. The van der Waals surface area contributed by atoms with Crippen molar-refractivity contribution in [1.82, 2.24) is 4.98 Å². The van der Waals surface area contributed by atoms with E-state index in [1.807, 2.05) is 6.20 Å². The Balaban J connectivity index is 2.17.